The van der Waals surface area contributed by atoms with Crippen molar-refractivity contribution in [1.29, 1.82) is 0 Å². The first-order valence-corrected chi connectivity index (χ1v) is 10.3. The Bertz CT molecular complexity index is 856. The largest absolute Gasteiger partial charge is 0.508 e. The maximum atomic E-state index is 12.7. The van der Waals surface area contributed by atoms with E-state index in [4.69, 9.17) is 15.9 Å². The molecule has 0 aliphatic rings. The number of hydrogen-bond donors (Lipinski definition) is 7. The van der Waals surface area contributed by atoms with Crippen LogP contribution in [0.4, 0.5) is 0 Å². The van der Waals surface area contributed by atoms with Crippen molar-refractivity contribution in [2.75, 3.05) is 6.54 Å². The van der Waals surface area contributed by atoms with E-state index in [1.54, 1.807) is 26.0 Å². The maximum absolute atomic E-state index is 12.7. The predicted octanol–water partition coefficient (Wildman–Crippen LogP) is -1.05. The van der Waals surface area contributed by atoms with E-state index in [9.17, 15) is 29.1 Å². The Morgan fingerprint density at radius 3 is 2.06 bits per heavy atom. The summed E-state index contributed by atoms with van der Waals surface area (Å²) in [5.41, 5.74) is 6.46. The van der Waals surface area contributed by atoms with E-state index in [1.807, 2.05) is 0 Å². The molecule has 1 aromatic carbocycles. The Kier molecular flexibility index (Phi) is 10.8. The summed E-state index contributed by atoms with van der Waals surface area (Å²) in [6.45, 7) is 2.90. The third-order valence-corrected chi connectivity index (χ3v) is 4.73. The fourth-order valence-electron chi connectivity index (χ4n) is 2.71. The van der Waals surface area contributed by atoms with Crippen LogP contribution in [-0.4, -0.2) is 69.7 Å². The Morgan fingerprint density at radius 1 is 0.939 bits per heavy atom. The Labute approximate surface area is 190 Å². The minimum atomic E-state index is -1.43. The summed E-state index contributed by atoms with van der Waals surface area (Å²) in [7, 11) is 0. The zero-order chi connectivity index (χ0) is 25.1. The van der Waals surface area contributed by atoms with Crippen LogP contribution in [0.5, 0.6) is 5.75 Å². The molecular weight excluding hydrogens is 436 g/mol. The molecular formula is C21H30N4O8. The number of rotatable bonds is 13. The lowest BCUT2D eigenvalue weighted by Gasteiger charge is -2.22. The Balaban J connectivity index is 2.81. The highest BCUT2D eigenvalue weighted by Crippen LogP contribution is 2.12. The number of aliphatic carboxylic acids is 2. The number of nitrogens with two attached hydrogens (primary N) is 1. The van der Waals surface area contributed by atoms with Crippen LogP contribution in [0.25, 0.3) is 0 Å². The smallest absolute Gasteiger partial charge is 0.326 e. The summed E-state index contributed by atoms with van der Waals surface area (Å²) >= 11 is 0. The minimum absolute atomic E-state index is 0.0261. The van der Waals surface area contributed by atoms with Gasteiger partial charge >= 0.3 is 11.9 Å². The average molecular weight is 466 g/mol. The standard InChI is InChI=1S/C21H30N4O8/c1-11(2)18(22)20(31)25-15(9-12-3-5-13(26)6-4-12)19(30)23-10-16(27)24-14(21(32)33)7-8-17(28)29/h3-6,11,14-15,18,26H,7-10,22H2,1-2H3,(H,23,30)(H,24,27)(H,25,31)(H,28,29)(H,32,33). The van der Waals surface area contributed by atoms with Crippen LogP contribution in [0.1, 0.15) is 32.3 Å². The van der Waals surface area contributed by atoms with Gasteiger partial charge in [0, 0.05) is 12.8 Å². The highest BCUT2D eigenvalue weighted by atomic mass is 16.4. The van der Waals surface area contributed by atoms with Crippen LogP contribution in [0.3, 0.4) is 0 Å². The number of carbonyl (C=O) groups excluding carboxylic acids is 3. The molecule has 3 amide bonds. The van der Waals surface area contributed by atoms with E-state index < -0.39 is 60.8 Å². The lowest BCUT2D eigenvalue weighted by molar-refractivity contribution is -0.143. The number of nitrogens with one attached hydrogen (secondary N) is 3. The van der Waals surface area contributed by atoms with E-state index in [-0.39, 0.29) is 24.5 Å². The first-order chi connectivity index (χ1) is 15.4. The molecule has 3 unspecified atom stereocenters. The lowest BCUT2D eigenvalue weighted by Crippen LogP contribution is -2.55. The number of hydrogen-bond acceptors (Lipinski definition) is 7. The van der Waals surface area contributed by atoms with Gasteiger partial charge in [-0.3, -0.25) is 19.2 Å². The first-order valence-electron chi connectivity index (χ1n) is 10.3. The van der Waals surface area contributed by atoms with Crippen molar-refractivity contribution in [3.8, 4) is 5.75 Å². The molecule has 1 rings (SSSR count). The summed E-state index contributed by atoms with van der Waals surface area (Å²) in [6, 6.07) is 2.58. The van der Waals surface area contributed by atoms with Crippen LogP contribution in [0.2, 0.25) is 0 Å². The number of carbonyl (C=O) groups is 5. The molecule has 0 aliphatic heterocycles. The third kappa shape index (κ3) is 9.99. The van der Waals surface area contributed by atoms with Crippen molar-refractivity contribution in [3.63, 3.8) is 0 Å². The summed E-state index contributed by atoms with van der Waals surface area (Å²) < 4.78 is 0. The van der Waals surface area contributed by atoms with Gasteiger partial charge in [0.15, 0.2) is 0 Å². The molecule has 12 nitrogen and oxygen atoms in total. The van der Waals surface area contributed by atoms with Crippen LogP contribution >= 0.6 is 0 Å². The summed E-state index contributed by atoms with van der Waals surface area (Å²) in [4.78, 5) is 59.0. The molecule has 0 bridgehead atoms. The van der Waals surface area contributed by atoms with Gasteiger partial charge in [-0.05, 0) is 30.0 Å². The van der Waals surface area contributed by atoms with Crippen LogP contribution in [-0.2, 0) is 30.4 Å². The highest BCUT2D eigenvalue weighted by molar-refractivity contribution is 5.92. The van der Waals surface area contributed by atoms with Gasteiger partial charge in [0.25, 0.3) is 0 Å². The fourth-order valence-corrected chi connectivity index (χ4v) is 2.71. The first kappa shape index (κ1) is 27.4. The van der Waals surface area contributed by atoms with Gasteiger partial charge in [-0.25, -0.2) is 4.79 Å². The number of phenols is 1. The highest BCUT2D eigenvalue weighted by Gasteiger charge is 2.26. The van der Waals surface area contributed by atoms with Crippen LogP contribution in [0, 0.1) is 5.92 Å². The van der Waals surface area contributed by atoms with E-state index in [0.717, 1.165) is 0 Å². The van der Waals surface area contributed by atoms with Gasteiger partial charge in [-0.2, -0.15) is 0 Å². The third-order valence-electron chi connectivity index (χ3n) is 4.73. The predicted molar refractivity (Wildman–Crippen MR) is 116 cm³/mol. The molecule has 0 radical (unpaired) electrons. The quantitative estimate of drug-likeness (QED) is 0.189. The van der Waals surface area contributed by atoms with Gasteiger partial charge in [0.1, 0.15) is 17.8 Å². The SMILES string of the molecule is CC(C)C(N)C(=O)NC(Cc1ccc(O)cc1)C(=O)NCC(=O)NC(CCC(=O)O)C(=O)O. The maximum Gasteiger partial charge on any atom is 0.326 e. The number of benzene rings is 1. The number of aromatic hydroxyl groups is 1. The van der Waals surface area contributed by atoms with Gasteiger partial charge < -0.3 is 37.0 Å². The van der Waals surface area contributed by atoms with E-state index in [0.29, 0.717) is 5.56 Å². The van der Waals surface area contributed by atoms with Gasteiger partial charge in [0.2, 0.25) is 17.7 Å². The van der Waals surface area contributed by atoms with Gasteiger partial charge in [-0.1, -0.05) is 26.0 Å². The Hall–Kier alpha value is -3.67. The molecule has 0 aromatic heterocycles. The van der Waals surface area contributed by atoms with Crippen molar-refractivity contribution < 1.29 is 39.3 Å². The Morgan fingerprint density at radius 2 is 1.55 bits per heavy atom. The molecule has 12 heteroatoms. The van der Waals surface area contributed by atoms with E-state index in [2.05, 4.69) is 16.0 Å². The van der Waals surface area contributed by atoms with Crippen molar-refractivity contribution in [1.82, 2.24) is 16.0 Å². The molecule has 33 heavy (non-hydrogen) atoms. The second-order valence-electron chi connectivity index (χ2n) is 7.81. The fraction of sp³-hybridized carbons (Fsp3) is 0.476. The number of phenolic OH excluding ortho intramolecular Hbond substituents is 1. The summed E-state index contributed by atoms with van der Waals surface area (Å²) in [6.07, 6.45) is -0.738. The normalized spacial score (nSPS) is 13.5. The summed E-state index contributed by atoms with van der Waals surface area (Å²) in [5, 5.41) is 34.2. The van der Waals surface area contributed by atoms with Crippen molar-refractivity contribution in [3.05, 3.63) is 29.8 Å². The van der Waals surface area contributed by atoms with Crippen LogP contribution < -0.4 is 21.7 Å². The molecule has 0 aliphatic carbocycles. The number of carboxylic acid groups (broad SMARTS) is 2. The molecule has 0 heterocycles. The van der Waals surface area contributed by atoms with Crippen molar-refractivity contribution >= 4 is 29.7 Å². The molecule has 0 saturated heterocycles. The molecule has 0 saturated carbocycles. The molecule has 182 valence electrons. The average Bonchev–Trinajstić information content (AvgIpc) is 2.74. The second-order valence-corrected chi connectivity index (χ2v) is 7.81. The molecule has 8 N–H and O–H groups in total. The summed E-state index contributed by atoms with van der Waals surface area (Å²) in [5.74, 6) is -4.89. The number of amides is 3. The van der Waals surface area contributed by atoms with E-state index in [1.165, 1.54) is 12.1 Å². The second kappa shape index (κ2) is 13.0. The van der Waals surface area contributed by atoms with Crippen molar-refractivity contribution in [2.24, 2.45) is 11.7 Å². The monoisotopic (exact) mass is 466 g/mol. The van der Waals surface area contributed by atoms with E-state index >= 15 is 0 Å². The zero-order valence-electron chi connectivity index (χ0n) is 18.4. The molecule has 0 spiro atoms. The van der Waals surface area contributed by atoms with Gasteiger partial charge in [0.05, 0.1) is 12.6 Å². The molecule has 3 atom stereocenters. The van der Waals surface area contributed by atoms with Crippen LogP contribution in [0.15, 0.2) is 24.3 Å². The number of carboxylic acids is 2. The molecule has 1 aromatic rings. The van der Waals surface area contributed by atoms with Gasteiger partial charge in [-0.15, -0.1) is 0 Å². The topological polar surface area (TPSA) is 208 Å². The zero-order valence-corrected chi connectivity index (χ0v) is 18.4. The lowest BCUT2D eigenvalue weighted by atomic mass is 10.0. The minimum Gasteiger partial charge on any atom is -0.508 e. The van der Waals surface area contributed by atoms with Crippen molar-refractivity contribution in [2.45, 2.75) is 51.2 Å². The molecule has 0 fully saturated rings.